The topological polar surface area (TPSA) is 114 Å². The number of carbonyl (C=O) groups excluding carboxylic acids is 2. The lowest BCUT2D eigenvalue weighted by atomic mass is 10.2. The van der Waals surface area contributed by atoms with Crippen molar-refractivity contribution in [1.29, 1.82) is 0 Å². The van der Waals surface area contributed by atoms with E-state index in [9.17, 15) is 14.4 Å². The molecule has 0 bridgehead atoms. The van der Waals surface area contributed by atoms with Crippen LogP contribution in [0.5, 0.6) is 0 Å². The average molecular weight is 324 g/mol. The summed E-state index contributed by atoms with van der Waals surface area (Å²) in [5, 5.41) is 11.3. The SMILES string of the molecule is CC(C)(C)OC(=O)NC[C@H](NOC(=O)c1ccccc1)C(=O)O. The van der Waals surface area contributed by atoms with Crippen molar-refractivity contribution in [1.82, 2.24) is 10.8 Å². The Morgan fingerprint density at radius 3 is 2.30 bits per heavy atom. The van der Waals surface area contributed by atoms with Gasteiger partial charge in [0, 0.05) is 0 Å². The van der Waals surface area contributed by atoms with Crippen molar-refractivity contribution < 1.29 is 29.1 Å². The van der Waals surface area contributed by atoms with E-state index in [1.54, 1.807) is 39.0 Å². The van der Waals surface area contributed by atoms with E-state index in [1.807, 2.05) is 0 Å². The van der Waals surface area contributed by atoms with E-state index in [1.165, 1.54) is 12.1 Å². The van der Waals surface area contributed by atoms with Crippen molar-refractivity contribution >= 4 is 18.0 Å². The Labute approximate surface area is 133 Å². The molecule has 0 unspecified atom stereocenters. The minimum Gasteiger partial charge on any atom is -0.480 e. The van der Waals surface area contributed by atoms with Crippen LogP contribution in [-0.4, -0.2) is 41.3 Å². The summed E-state index contributed by atoms with van der Waals surface area (Å²) in [6, 6.07) is 6.77. The number of hydroxylamine groups is 1. The molecule has 3 N–H and O–H groups in total. The molecule has 0 saturated carbocycles. The van der Waals surface area contributed by atoms with Crippen LogP contribution in [0.4, 0.5) is 4.79 Å². The predicted octanol–water partition coefficient (Wildman–Crippen LogP) is 1.33. The molecule has 0 aliphatic heterocycles. The minimum atomic E-state index is -1.31. The fourth-order valence-electron chi connectivity index (χ4n) is 1.44. The van der Waals surface area contributed by atoms with Crippen LogP contribution in [0.15, 0.2) is 30.3 Å². The molecule has 1 aromatic carbocycles. The van der Waals surface area contributed by atoms with E-state index >= 15 is 0 Å². The summed E-state index contributed by atoms with van der Waals surface area (Å²) in [5.41, 5.74) is 1.69. The third-order valence-corrected chi connectivity index (χ3v) is 2.45. The van der Waals surface area contributed by atoms with Crippen LogP contribution >= 0.6 is 0 Å². The highest BCUT2D eigenvalue weighted by molar-refractivity contribution is 5.89. The Hall–Kier alpha value is -2.61. The third-order valence-electron chi connectivity index (χ3n) is 2.45. The molecule has 1 amide bonds. The van der Waals surface area contributed by atoms with Gasteiger partial charge >= 0.3 is 18.0 Å². The fraction of sp³-hybridized carbons (Fsp3) is 0.400. The summed E-state index contributed by atoms with van der Waals surface area (Å²) in [4.78, 5) is 39.0. The zero-order chi connectivity index (χ0) is 17.5. The highest BCUT2D eigenvalue weighted by atomic mass is 16.7. The molecule has 1 atom stereocenters. The third kappa shape index (κ3) is 7.28. The minimum absolute atomic E-state index is 0.268. The highest BCUT2D eigenvalue weighted by Crippen LogP contribution is 2.06. The van der Waals surface area contributed by atoms with Crippen molar-refractivity contribution in [3.05, 3.63) is 35.9 Å². The maximum Gasteiger partial charge on any atom is 0.407 e. The van der Waals surface area contributed by atoms with Crippen LogP contribution in [0.2, 0.25) is 0 Å². The quantitative estimate of drug-likeness (QED) is 0.676. The molecule has 0 spiro atoms. The summed E-state index contributed by atoms with van der Waals surface area (Å²) in [6.45, 7) is 4.73. The number of nitrogens with one attached hydrogen (secondary N) is 2. The number of carbonyl (C=O) groups is 3. The molecule has 0 aromatic heterocycles. The average Bonchev–Trinajstić information content (AvgIpc) is 2.45. The Morgan fingerprint density at radius 1 is 1.17 bits per heavy atom. The second-order valence-electron chi connectivity index (χ2n) is 5.65. The van der Waals surface area contributed by atoms with Crippen molar-refractivity contribution in [2.75, 3.05) is 6.54 Å². The van der Waals surface area contributed by atoms with Gasteiger partial charge in [-0.25, -0.2) is 9.59 Å². The second kappa shape index (κ2) is 8.14. The summed E-state index contributed by atoms with van der Waals surface area (Å²) >= 11 is 0. The first-order valence-corrected chi connectivity index (χ1v) is 6.90. The lowest BCUT2D eigenvalue weighted by molar-refractivity contribution is -0.142. The summed E-state index contributed by atoms with van der Waals surface area (Å²) < 4.78 is 4.98. The lowest BCUT2D eigenvalue weighted by Gasteiger charge is -2.21. The highest BCUT2D eigenvalue weighted by Gasteiger charge is 2.22. The molecule has 8 nitrogen and oxygen atoms in total. The van der Waals surface area contributed by atoms with Crippen LogP contribution < -0.4 is 10.8 Å². The second-order valence-corrected chi connectivity index (χ2v) is 5.65. The van der Waals surface area contributed by atoms with Gasteiger partial charge in [0.2, 0.25) is 0 Å². The molecule has 126 valence electrons. The number of carboxylic acids is 1. The van der Waals surface area contributed by atoms with Gasteiger partial charge in [-0.3, -0.25) is 4.79 Å². The van der Waals surface area contributed by atoms with Gasteiger partial charge in [0.05, 0.1) is 12.1 Å². The van der Waals surface area contributed by atoms with E-state index in [4.69, 9.17) is 14.7 Å². The van der Waals surface area contributed by atoms with Gasteiger partial charge in [0.25, 0.3) is 0 Å². The van der Waals surface area contributed by atoms with Gasteiger partial charge in [0.15, 0.2) is 6.04 Å². The molecule has 1 aromatic rings. The number of aliphatic carboxylic acids is 1. The van der Waals surface area contributed by atoms with E-state index in [0.717, 1.165) is 0 Å². The summed E-state index contributed by atoms with van der Waals surface area (Å²) in [6.07, 6.45) is -0.764. The largest absolute Gasteiger partial charge is 0.480 e. The van der Waals surface area contributed by atoms with Crippen molar-refractivity contribution in [3.8, 4) is 0 Å². The maximum atomic E-state index is 11.7. The molecule has 0 fully saturated rings. The molecule has 0 aliphatic rings. The molecule has 0 saturated heterocycles. The Morgan fingerprint density at radius 2 is 1.78 bits per heavy atom. The molecular formula is C15H20N2O6. The van der Waals surface area contributed by atoms with Crippen LogP contribution in [0.1, 0.15) is 31.1 Å². The molecule has 8 heteroatoms. The van der Waals surface area contributed by atoms with Gasteiger partial charge in [-0.2, -0.15) is 0 Å². The monoisotopic (exact) mass is 324 g/mol. The van der Waals surface area contributed by atoms with Gasteiger partial charge in [-0.1, -0.05) is 18.2 Å². The number of ether oxygens (including phenoxy) is 1. The molecular weight excluding hydrogens is 304 g/mol. The van der Waals surface area contributed by atoms with Crippen molar-refractivity contribution in [2.45, 2.75) is 32.4 Å². The standard InChI is InChI=1S/C15H20N2O6/c1-15(2,3)22-14(21)16-9-11(12(18)19)17-23-13(20)10-7-5-4-6-8-10/h4-8,11,17H,9H2,1-3H3,(H,16,21)(H,18,19)/t11-/m0/s1. The first-order chi connectivity index (χ1) is 10.7. The number of benzene rings is 1. The molecule has 0 heterocycles. The predicted molar refractivity (Wildman–Crippen MR) is 80.7 cm³/mol. The number of rotatable bonds is 6. The Kier molecular flexibility index (Phi) is 6.52. The van der Waals surface area contributed by atoms with E-state index in [0.29, 0.717) is 0 Å². The molecule has 23 heavy (non-hydrogen) atoms. The van der Waals surface area contributed by atoms with E-state index in [2.05, 4.69) is 10.8 Å². The van der Waals surface area contributed by atoms with Gasteiger partial charge in [-0.05, 0) is 32.9 Å². The Balaban J connectivity index is 2.48. The van der Waals surface area contributed by atoms with Crippen LogP contribution in [-0.2, 0) is 14.4 Å². The van der Waals surface area contributed by atoms with Crippen LogP contribution in [0.3, 0.4) is 0 Å². The number of amides is 1. The van der Waals surface area contributed by atoms with Crippen LogP contribution in [0.25, 0.3) is 0 Å². The first-order valence-electron chi connectivity index (χ1n) is 6.90. The van der Waals surface area contributed by atoms with Gasteiger partial charge in [0.1, 0.15) is 5.60 Å². The maximum absolute atomic E-state index is 11.7. The van der Waals surface area contributed by atoms with E-state index in [-0.39, 0.29) is 12.1 Å². The number of hydrogen-bond acceptors (Lipinski definition) is 6. The summed E-state index contributed by atoms with van der Waals surface area (Å²) in [5.74, 6) is -2.02. The summed E-state index contributed by atoms with van der Waals surface area (Å²) in [7, 11) is 0. The van der Waals surface area contributed by atoms with Gasteiger partial charge < -0.3 is 20.0 Å². The lowest BCUT2D eigenvalue weighted by Crippen LogP contribution is -2.47. The number of hydrogen-bond donors (Lipinski definition) is 3. The van der Waals surface area contributed by atoms with Crippen molar-refractivity contribution in [3.63, 3.8) is 0 Å². The number of carboxylic acid groups (broad SMARTS) is 1. The molecule has 0 radical (unpaired) electrons. The van der Waals surface area contributed by atoms with Gasteiger partial charge in [-0.15, -0.1) is 5.48 Å². The fourth-order valence-corrected chi connectivity index (χ4v) is 1.44. The smallest absolute Gasteiger partial charge is 0.407 e. The first kappa shape index (κ1) is 18.4. The zero-order valence-electron chi connectivity index (χ0n) is 13.2. The molecule has 1 rings (SSSR count). The van der Waals surface area contributed by atoms with Crippen LogP contribution in [0, 0.1) is 0 Å². The number of alkyl carbamates (subject to hydrolysis) is 1. The Bertz CT molecular complexity index is 553. The molecule has 0 aliphatic carbocycles. The van der Waals surface area contributed by atoms with Crippen molar-refractivity contribution in [2.24, 2.45) is 0 Å². The normalized spacial score (nSPS) is 12.1. The zero-order valence-corrected chi connectivity index (χ0v) is 13.2. The van der Waals surface area contributed by atoms with E-state index < -0.39 is 29.7 Å².